The molecule has 1 N–H and O–H groups in total. The number of aryl methyl sites for hydroxylation is 1. The van der Waals surface area contributed by atoms with E-state index in [1.165, 1.54) is 11.1 Å². The number of hydrogen-bond donors (Lipinski definition) is 1. The van der Waals surface area contributed by atoms with Gasteiger partial charge in [0, 0.05) is 12.2 Å². The van der Waals surface area contributed by atoms with E-state index < -0.39 is 0 Å². The average Bonchev–Trinajstić information content (AvgIpc) is 2.98. The number of carbonyl (C=O) groups is 1. The first-order valence-corrected chi connectivity index (χ1v) is 7.43. The lowest BCUT2D eigenvalue weighted by molar-refractivity contribution is 0.207. The van der Waals surface area contributed by atoms with Crippen molar-refractivity contribution in [1.29, 1.82) is 0 Å². The molecule has 3 rings (SSSR count). The molecule has 2 amide bonds. The largest absolute Gasteiger partial charge is 0.322 e. The zero-order valence-electron chi connectivity index (χ0n) is 12.3. The molecule has 1 saturated heterocycles. The molecule has 1 aliphatic heterocycles. The van der Waals surface area contributed by atoms with E-state index in [1.54, 1.807) is 0 Å². The van der Waals surface area contributed by atoms with Crippen molar-refractivity contribution in [2.45, 2.75) is 25.8 Å². The maximum absolute atomic E-state index is 12.5. The number of benzene rings is 2. The molecule has 0 spiro atoms. The third-order valence-electron chi connectivity index (χ3n) is 3.97. The molecule has 0 aromatic heterocycles. The van der Waals surface area contributed by atoms with Crippen molar-refractivity contribution in [2.24, 2.45) is 0 Å². The first-order valence-electron chi connectivity index (χ1n) is 7.43. The van der Waals surface area contributed by atoms with Crippen LogP contribution in [-0.4, -0.2) is 17.5 Å². The van der Waals surface area contributed by atoms with Crippen molar-refractivity contribution in [3.05, 3.63) is 65.7 Å². The van der Waals surface area contributed by atoms with Crippen LogP contribution in [0.1, 0.15) is 30.0 Å². The molecule has 0 aliphatic carbocycles. The smallest absolute Gasteiger partial charge is 0.317 e. The van der Waals surface area contributed by atoms with E-state index in [0.29, 0.717) is 0 Å². The van der Waals surface area contributed by atoms with E-state index in [9.17, 15) is 4.79 Å². The lowest BCUT2D eigenvalue weighted by atomic mass is 10.0. The highest BCUT2D eigenvalue weighted by Gasteiger charge is 2.29. The van der Waals surface area contributed by atoms with Crippen LogP contribution in [0.5, 0.6) is 0 Å². The normalized spacial score (nSPS) is 17.8. The minimum absolute atomic E-state index is 0.00907. The van der Waals surface area contributed by atoms with Crippen LogP contribution in [-0.2, 0) is 0 Å². The molecule has 2 aromatic rings. The molecule has 1 heterocycles. The van der Waals surface area contributed by atoms with E-state index in [-0.39, 0.29) is 12.1 Å². The highest BCUT2D eigenvalue weighted by molar-refractivity contribution is 5.89. The summed E-state index contributed by atoms with van der Waals surface area (Å²) in [4.78, 5) is 14.4. The Morgan fingerprint density at radius 2 is 1.95 bits per heavy atom. The third kappa shape index (κ3) is 3.07. The van der Waals surface area contributed by atoms with Crippen molar-refractivity contribution in [3.8, 4) is 0 Å². The number of amides is 2. The summed E-state index contributed by atoms with van der Waals surface area (Å²) in [5, 5.41) is 2.99. The van der Waals surface area contributed by atoms with Gasteiger partial charge in [-0.15, -0.1) is 0 Å². The summed E-state index contributed by atoms with van der Waals surface area (Å²) in [5.41, 5.74) is 3.32. The van der Waals surface area contributed by atoms with Crippen molar-refractivity contribution < 1.29 is 4.79 Å². The molecule has 1 unspecified atom stereocenters. The molecular weight excluding hydrogens is 260 g/mol. The Morgan fingerprint density at radius 1 is 1.14 bits per heavy atom. The Bertz CT molecular complexity index is 624. The maximum atomic E-state index is 12.5. The van der Waals surface area contributed by atoms with Gasteiger partial charge in [-0.2, -0.15) is 0 Å². The fourth-order valence-corrected chi connectivity index (χ4v) is 2.95. The molecule has 0 saturated carbocycles. The Hall–Kier alpha value is -2.29. The van der Waals surface area contributed by atoms with Crippen molar-refractivity contribution in [1.82, 2.24) is 4.90 Å². The van der Waals surface area contributed by atoms with Gasteiger partial charge in [-0.05, 0) is 37.5 Å². The van der Waals surface area contributed by atoms with Gasteiger partial charge in [0.05, 0.1) is 6.04 Å². The lowest BCUT2D eigenvalue weighted by Crippen LogP contribution is -2.34. The number of anilines is 1. The van der Waals surface area contributed by atoms with E-state index in [0.717, 1.165) is 25.1 Å². The minimum Gasteiger partial charge on any atom is -0.317 e. The fraction of sp³-hybridized carbons (Fsp3) is 0.278. The molecule has 3 nitrogen and oxygen atoms in total. The molecule has 21 heavy (non-hydrogen) atoms. The van der Waals surface area contributed by atoms with Gasteiger partial charge >= 0.3 is 6.03 Å². The predicted octanol–water partition coefficient (Wildman–Crippen LogP) is 4.36. The maximum Gasteiger partial charge on any atom is 0.322 e. The van der Waals surface area contributed by atoms with Crippen LogP contribution in [0.4, 0.5) is 10.5 Å². The summed E-state index contributed by atoms with van der Waals surface area (Å²) in [6.45, 7) is 2.91. The second-order valence-electron chi connectivity index (χ2n) is 5.56. The van der Waals surface area contributed by atoms with Crippen LogP contribution in [0.3, 0.4) is 0 Å². The van der Waals surface area contributed by atoms with E-state index in [4.69, 9.17) is 0 Å². The fourth-order valence-electron chi connectivity index (χ4n) is 2.95. The Balaban J connectivity index is 1.76. The zero-order chi connectivity index (χ0) is 14.7. The van der Waals surface area contributed by atoms with Crippen LogP contribution in [0.25, 0.3) is 0 Å². The number of rotatable bonds is 2. The van der Waals surface area contributed by atoms with Crippen molar-refractivity contribution in [3.63, 3.8) is 0 Å². The number of carbonyl (C=O) groups excluding carboxylic acids is 1. The highest BCUT2D eigenvalue weighted by atomic mass is 16.2. The average molecular weight is 280 g/mol. The predicted molar refractivity (Wildman–Crippen MR) is 85.3 cm³/mol. The summed E-state index contributed by atoms with van der Waals surface area (Å²) in [5.74, 6) is 0. The zero-order valence-corrected chi connectivity index (χ0v) is 12.3. The monoisotopic (exact) mass is 280 g/mol. The Morgan fingerprint density at radius 3 is 2.71 bits per heavy atom. The quantitative estimate of drug-likeness (QED) is 0.870. The second-order valence-corrected chi connectivity index (χ2v) is 5.56. The molecular formula is C18H20N2O. The number of urea groups is 1. The molecule has 2 aromatic carbocycles. The third-order valence-corrected chi connectivity index (χ3v) is 3.97. The SMILES string of the molecule is Cc1cccc(C2CCCN2C(=O)Nc2ccccc2)c1. The first-order chi connectivity index (χ1) is 10.2. The van der Waals surface area contributed by atoms with Crippen LogP contribution < -0.4 is 5.32 Å². The summed E-state index contributed by atoms with van der Waals surface area (Å²) >= 11 is 0. The number of nitrogens with zero attached hydrogens (tertiary/aromatic N) is 1. The molecule has 0 bridgehead atoms. The van der Waals surface area contributed by atoms with E-state index >= 15 is 0 Å². The van der Waals surface area contributed by atoms with E-state index in [2.05, 4.69) is 36.5 Å². The van der Waals surface area contributed by atoms with Crippen molar-refractivity contribution >= 4 is 11.7 Å². The number of nitrogens with one attached hydrogen (secondary N) is 1. The van der Waals surface area contributed by atoms with Crippen LogP contribution in [0.2, 0.25) is 0 Å². The van der Waals surface area contributed by atoms with Crippen LogP contribution in [0, 0.1) is 6.92 Å². The van der Waals surface area contributed by atoms with Gasteiger partial charge in [0.25, 0.3) is 0 Å². The standard InChI is InChI=1S/C18H20N2O/c1-14-7-5-8-15(13-14)17-11-6-12-20(17)18(21)19-16-9-3-2-4-10-16/h2-5,7-10,13,17H,6,11-12H2,1H3,(H,19,21). The number of likely N-dealkylation sites (tertiary alicyclic amines) is 1. The molecule has 108 valence electrons. The van der Waals surface area contributed by atoms with E-state index in [1.807, 2.05) is 35.2 Å². The minimum atomic E-state index is -0.00907. The van der Waals surface area contributed by atoms with Gasteiger partial charge in [0.1, 0.15) is 0 Å². The molecule has 1 aliphatic rings. The Labute approximate surface area is 125 Å². The van der Waals surface area contributed by atoms with Crippen LogP contribution >= 0.6 is 0 Å². The highest BCUT2D eigenvalue weighted by Crippen LogP contribution is 2.32. The van der Waals surface area contributed by atoms with Gasteiger partial charge in [-0.25, -0.2) is 4.79 Å². The summed E-state index contributed by atoms with van der Waals surface area (Å²) < 4.78 is 0. The second kappa shape index (κ2) is 6.00. The number of para-hydroxylation sites is 1. The Kier molecular flexibility index (Phi) is 3.91. The summed E-state index contributed by atoms with van der Waals surface area (Å²) in [7, 11) is 0. The van der Waals surface area contributed by atoms with Gasteiger partial charge in [-0.1, -0.05) is 48.0 Å². The number of hydrogen-bond acceptors (Lipinski definition) is 1. The topological polar surface area (TPSA) is 32.3 Å². The van der Waals surface area contributed by atoms with Gasteiger partial charge in [-0.3, -0.25) is 0 Å². The summed E-state index contributed by atoms with van der Waals surface area (Å²) in [6, 6.07) is 18.3. The van der Waals surface area contributed by atoms with Gasteiger partial charge in [0.15, 0.2) is 0 Å². The van der Waals surface area contributed by atoms with Crippen LogP contribution in [0.15, 0.2) is 54.6 Å². The lowest BCUT2D eigenvalue weighted by Gasteiger charge is -2.25. The first kappa shape index (κ1) is 13.7. The molecule has 0 radical (unpaired) electrons. The molecule has 1 atom stereocenters. The van der Waals surface area contributed by atoms with Gasteiger partial charge < -0.3 is 10.2 Å². The molecule has 3 heteroatoms. The summed E-state index contributed by atoms with van der Waals surface area (Å²) in [6.07, 6.45) is 2.09. The van der Waals surface area contributed by atoms with Gasteiger partial charge in [0.2, 0.25) is 0 Å². The molecule has 1 fully saturated rings. The van der Waals surface area contributed by atoms with Crippen molar-refractivity contribution in [2.75, 3.05) is 11.9 Å².